The smallest absolute Gasteiger partial charge is 0.333 e. The average molecular weight is 283 g/mol. The number of nitrogens with one attached hydrogen (secondary N) is 1. The van der Waals surface area contributed by atoms with Crippen LogP contribution >= 0.6 is 0 Å². The number of amides is 1. The van der Waals surface area contributed by atoms with E-state index in [-0.39, 0.29) is 17.7 Å². The maximum atomic E-state index is 12.2. The number of hydrogen-bond acceptors (Lipinski definition) is 3. The summed E-state index contributed by atoms with van der Waals surface area (Å²) >= 11 is 0. The molecule has 2 fully saturated rings. The zero-order valence-electron chi connectivity index (χ0n) is 12.0. The number of rotatable bonds is 4. The van der Waals surface area contributed by atoms with Crippen molar-refractivity contribution in [3.63, 3.8) is 0 Å². The molecule has 0 radical (unpaired) electrons. The quantitative estimate of drug-likeness (QED) is 0.827. The summed E-state index contributed by atoms with van der Waals surface area (Å²) in [4.78, 5) is 23.2. The van der Waals surface area contributed by atoms with Crippen LogP contribution in [0.4, 0.5) is 0 Å². The van der Waals surface area contributed by atoms with Crippen molar-refractivity contribution in [2.75, 3.05) is 13.2 Å². The Morgan fingerprint density at radius 2 is 1.70 bits per heavy atom. The van der Waals surface area contributed by atoms with Gasteiger partial charge in [-0.25, -0.2) is 4.79 Å². The third-order valence-electron chi connectivity index (χ3n) is 4.47. The molecule has 2 atom stereocenters. The minimum atomic E-state index is -0.923. The largest absolute Gasteiger partial charge is 0.479 e. The fourth-order valence-electron chi connectivity index (χ4n) is 3.21. The van der Waals surface area contributed by atoms with Crippen LogP contribution < -0.4 is 5.32 Å². The molecule has 0 bridgehead atoms. The predicted octanol–water partition coefficient (Wildman–Crippen LogP) is 1.95. The van der Waals surface area contributed by atoms with E-state index >= 15 is 0 Å². The Morgan fingerprint density at radius 1 is 1.05 bits per heavy atom. The second kappa shape index (κ2) is 7.62. The van der Waals surface area contributed by atoms with Crippen LogP contribution in [0.5, 0.6) is 0 Å². The number of carbonyl (C=O) groups is 2. The van der Waals surface area contributed by atoms with E-state index in [9.17, 15) is 9.59 Å². The number of carbonyl (C=O) groups excluding carboxylic acids is 1. The van der Waals surface area contributed by atoms with Crippen molar-refractivity contribution < 1.29 is 19.4 Å². The van der Waals surface area contributed by atoms with Crippen molar-refractivity contribution in [3.8, 4) is 0 Å². The van der Waals surface area contributed by atoms with Gasteiger partial charge in [-0.2, -0.15) is 0 Å². The van der Waals surface area contributed by atoms with Gasteiger partial charge in [0.1, 0.15) is 0 Å². The highest BCUT2D eigenvalue weighted by Gasteiger charge is 2.34. The second-order valence-electron chi connectivity index (χ2n) is 5.97. The highest BCUT2D eigenvalue weighted by molar-refractivity contribution is 5.79. The number of ether oxygens (including phenoxy) is 1. The first-order valence-corrected chi connectivity index (χ1v) is 7.80. The third-order valence-corrected chi connectivity index (χ3v) is 4.47. The first kappa shape index (κ1) is 15.3. The monoisotopic (exact) mass is 283 g/mol. The first-order valence-electron chi connectivity index (χ1n) is 7.80. The van der Waals surface area contributed by atoms with Crippen LogP contribution in [-0.2, 0) is 14.3 Å². The molecule has 1 aliphatic heterocycles. The number of carboxylic acids is 1. The van der Waals surface area contributed by atoms with E-state index in [2.05, 4.69) is 5.32 Å². The van der Waals surface area contributed by atoms with Crippen molar-refractivity contribution in [2.45, 2.75) is 57.5 Å². The summed E-state index contributed by atoms with van der Waals surface area (Å²) in [6.45, 7) is 0.896. The molecule has 0 unspecified atom stereocenters. The zero-order chi connectivity index (χ0) is 14.4. The van der Waals surface area contributed by atoms with E-state index in [1.54, 1.807) is 0 Å². The average Bonchev–Trinajstić information content (AvgIpc) is 2.84. The Labute approximate surface area is 120 Å². The van der Waals surface area contributed by atoms with Gasteiger partial charge in [-0.15, -0.1) is 0 Å². The molecular formula is C15H25NO4. The maximum Gasteiger partial charge on any atom is 0.333 e. The minimum absolute atomic E-state index is 0.0926. The molecule has 1 amide bonds. The zero-order valence-corrected chi connectivity index (χ0v) is 12.0. The van der Waals surface area contributed by atoms with E-state index in [1.165, 1.54) is 19.3 Å². The van der Waals surface area contributed by atoms with E-state index < -0.39 is 12.1 Å². The van der Waals surface area contributed by atoms with Crippen molar-refractivity contribution >= 4 is 11.9 Å². The summed E-state index contributed by atoms with van der Waals surface area (Å²) in [6.07, 6.45) is 7.88. The van der Waals surface area contributed by atoms with Crippen LogP contribution in [0.25, 0.3) is 0 Å². The topological polar surface area (TPSA) is 75.6 Å². The summed E-state index contributed by atoms with van der Waals surface area (Å²) in [6, 6.07) is 0. The van der Waals surface area contributed by atoms with Crippen molar-refractivity contribution in [3.05, 3.63) is 0 Å². The van der Waals surface area contributed by atoms with Gasteiger partial charge in [-0.3, -0.25) is 4.79 Å². The van der Waals surface area contributed by atoms with Crippen LogP contribution in [0.1, 0.15) is 51.4 Å². The Balaban J connectivity index is 1.77. The van der Waals surface area contributed by atoms with Crippen LogP contribution in [0.3, 0.4) is 0 Å². The third kappa shape index (κ3) is 4.20. The Kier molecular flexibility index (Phi) is 5.83. The lowest BCUT2D eigenvalue weighted by molar-refractivity contribution is -0.149. The molecule has 1 aliphatic carbocycles. The van der Waals surface area contributed by atoms with E-state index in [4.69, 9.17) is 9.84 Å². The van der Waals surface area contributed by atoms with Gasteiger partial charge in [0.05, 0.1) is 0 Å². The lowest BCUT2D eigenvalue weighted by Crippen LogP contribution is -2.39. The highest BCUT2D eigenvalue weighted by Crippen LogP contribution is 2.23. The maximum absolute atomic E-state index is 12.2. The van der Waals surface area contributed by atoms with Gasteiger partial charge in [0.25, 0.3) is 0 Å². The number of hydrogen-bond donors (Lipinski definition) is 2. The summed E-state index contributed by atoms with van der Waals surface area (Å²) < 4.78 is 5.19. The summed E-state index contributed by atoms with van der Waals surface area (Å²) in [7, 11) is 0. The molecule has 2 N–H and O–H groups in total. The summed E-state index contributed by atoms with van der Waals surface area (Å²) in [5.74, 6) is -0.804. The van der Waals surface area contributed by atoms with Gasteiger partial charge < -0.3 is 15.2 Å². The molecular weight excluding hydrogens is 258 g/mol. The molecule has 0 aromatic heterocycles. The normalized spacial score (nSPS) is 28.6. The minimum Gasteiger partial charge on any atom is -0.479 e. The SMILES string of the molecule is O=C(NC[C@H]1CCO[C@H]1C(=O)O)C1CCCCCCC1. The molecule has 5 heteroatoms. The Morgan fingerprint density at radius 3 is 2.35 bits per heavy atom. The molecule has 2 aliphatic rings. The lowest BCUT2D eigenvalue weighted by atomic mass is 9.90. The molecule has 1 saturated carbocycles. The molecule has 5 nitrogen and oxygen atoms in total. The van der Waals surface area contributed by atoms with Gasteiger partial charge in [0, 0.05) is 25.0 Å². The van der Waals surface area contributed by atoms with Gasteiger partial charge in [0.15, 0.2) is 6.10 Å². The van der Waals surface area contributed by atoms with Crippen LogP contribution in [0, 0.1) is 11.8 Å². The lowest BCUT2D eigenvalue weighted by Gasteiger charge is -2.21. The molecule has 2 rings (SSSR count). The Hall–Kier alpha value is -1.10. The molecule has 1 heterocycles. The molecule has 0 aromatic carbocycles. The fourth-order valence-corrected chi connectivity index (χ4v) is 3.21. The van der Waals surface area contributed by atoms with Crippen molar-refractivity contribution in [1.82, 2.24) is 5.32 Å². The van der Waals surface area contributed by atoms with E-state index in [0.29, 0.717) is 19.6 Å². The molecule has 114 valence electrons. The summed E-state index contributed by atoms with van der Waals surface area (Å²) in [5.41, 5.74) is 0. The van der Waals surface area contributed by atoms with E-state index in [1.807, 2.05) is 0 Å². The summed E-state index contributed by atoms with van der Waals surface area (Å²) in [5, 5.41) is 12.0. The molecule has 1 saturated heterocycles. The van der Waals surface area contributed by atoms with Gasteiger partial charge in [0.2, 0.25) is 5.91 Å². The Bertz CT molecular complexity index is 337. The molecule has 0 spiro atoms. The van der Waals surface area contributed by atoms with Crippen LogP contribution in [0.2, 0.25) is 0 Å². The van der Waals surface area contributed by atoms with Gasteiger partial charge in [-0.1, -0.05) is 32.1 Å². The molecule has 20 heavy (non-hydrogen) atoms. The molecule has 0 aromatic rings. The highest BCUT2D eigenvalue weighted by atomic mass is 16.5. The van der Waals surface area contributed by atoms with Crippen LogP contribution in [-0.4, -0.2) is 36.2 Å². The second-order valence-corrected chi connectivity index (χ2v) is 5.97. The van der Waals surface area contributed by atoms with Crippen molar-refractivity contribution in [1.29, 1.82) is 0 Å². The van der Waals surface area contributed by atoms with Gasteiger partial charge in [-0.05, 0) is 19.3 Å². The standard InChI is InChI=1S/C15H25NO4/c17-14(11-6-4-2-1-3-5-7-11)16-10-12-8-9-20-13(12)15(18)19/h11-13H,1-10H2,(H,16,17)(H,18,19)/t12-,13-/m1/s1. The van der Waals surface area contributed by atoms with Crippen molar-refractivity contribution in [2.24, 2.45) is 11.8 Å². The predicted molar refractivity (Wildman–Crippen MR) is 74.3 cm³/mol. The first-order chi connectivity index (χ1) is 9.68. The van der Waals surface area contributed by atoms with E-state index in [0.717, 1.165) is 25.7 Å². The van der Waals surface area contributed by atoms with Crippen LogP contribution in [0.15, 0.2) is 0 Å². The van der Waals surface area contributed by atoms with Gasteiger partial charge >= 0.3 is 5.97 Å². The number of carboxylic acid groups (broad SMARTS) is 1. The number of aliphatic carboxylic acids is 1. The fraction of sp³-hybridized carbons (Fsp3) is 0.867.